The normalized spacial score (nSPS) is 16.3. The lowest BCUT2D eigenvalue weighted by atomic mass is 9.82. The number of hydrogen-bond donors (Lipinski definition) is 3. The molecule has 1 fully saturated rings. The van der Waals surface area contributed by atoms with Gasteiger partial charge in [-0.1, -0.05) is 48.4 Å². The molecule has 1 heterocycles. The van der Waals surface area contributed by atoms with Crippen LogP contribution >= 0.6 is 7.82 Å². The van der Waals surface area contributed by atoms with Gasteiger partial charge in [-0.25, -0.2) is 14.2 Å². The highest BCUT2D eigenvalue weighted by atomic mass is 31.2. The SMILES string of the molecule is B[C@@H]1O[C@H](COC(=O)OCc2ccccc2)C(OP(=O)(O)OC)[C@@H]1C/C=C/CCCCNC(=O)NC#CC#CC#CC#CC#CC#CC#CC#CC#CC#CC. The summed E-state index contributed by atoms with van der Waals surface area (Å²) in [5.74, 6) is 47.3. The van der Waals surface area contributed by atoms with E-state index in [0.717, 1.165) is 25.5 Å². The lowest BCUT2D eigenvalue weighted by molar-refractivity contribution is -0.0303. The number of benzene rings is 1. The molecule has 0 aromatic heterocycles. The van der Waals surface area contributed by atoms with Gasteiger partial charge in [0.05, 0.1) is 0 Å². The molecular formula is C43H36BN2O9P. The number of urea groups is 1. The molecule has 1 aliphatic heterocycles. The molecule has 1 aromatic rings. The maximum absolute atomic E-state index is 12.3. The summed E-state index contributed by atoms with van der Waals surface area (Å²) in [4.78, 5) is 34.1. The molecule has 2 amide bonds. The monoisotopic (exact) mass is 766 g/mol. The van der Waals surface area contributed by atoms with Gasteiger partial charge in [-0.3, -0.25) is 14.4 Å². The van der Waals surface area contributed by atoms with Crippen molar-refractivity contribution in [3.8, 4) is 119 Å². The van der Waals surface area contributed by atoms with Crippen LogP contribution in [0.3, 0.4) is 0 Å². The highest BCUT2D eigenvalue weighted by Gasteiger charge is 2.46. The van der Waals surface area contributed by atoms with E-state index in [9.17, 15) is 19.0 Å². The van der Waals surface area contributed by atoms with Gasteiger partial charge in [0, 0.05) is 90.8 Å². The molecule has 13 heteroatoms. The van der Waals surface area contributed by atoms with E-state index in [4.69, 9.17) is 18.7 Å². The summed E-state index contributed by atoms with van der Waals surface area (Å²) in [6.45, 7) is 1.91. The smallest absolute Gasteiger partial charge is 0.431 e. The minimum absolute atomic E-state index is 0.0348. The van der Waals surface area contributed by atoms with Gasteiger partial charge in [-0.15, -0.1) is 0 Å². The number of rotatable bonds is 14. The summed E-state index contributed by atoms with van der Waals surface area (Å²) in [6, 6.07) is 10.7. The average Bonchev–Trinajstić information content (AvgIpc) is 3.48. The number of phosphoric acid groups is 1. The van der Waals surface area contributed by atoms with Gasteiger partial charge < -0.3 is 24.4 Å². The minimum Gasteiger partial charge on any atom is -0.431 e. The fourth-order valence-electron chi connectivity index (χ4n) is 4.39. The second-order valence-electron chi connectivity index (χ2n) is 10.8. The van der Waals surface area contributed by atoms with E-state index in [1.165, 1.54) is 0 Å². The first-order valence-corrected chi connectivity index (χ1v) is 18.4. The Bertz CT molecular complexity index is 2250. The number of ether oxygens (including phenoxy) is 3. The number of amides is 2. The predicted octanol–water partition coefficient (Wildman–Crippen LogP) is 2.87. The number of nitrogens with one attached hydrogen (secondary N) is 2. The highest BCUT2D eigenvalue weighted by Crippen LogP contribution is 2.48. The van der Waals surface area contributed by atoms with E-state index in [1.54, 1.807) is 6.92 Å². The Balaban J connectivity index is 1.67. The molecule has 1 aliphatic rings. The number of phosphoric ester groups is 1. The zero-order chi connectivity index (χ0) is 40.5. The van der Waals surface area contributed by atoms with Crippen LogP contribution < -0.4 is 10.6 Å². The number of carbonyl (C=O) groups is 2. The highest BCUT2D eigenvalue weighted by molar-refractivity contribution is 7.47. The third-order valence-corrected chi connectivity index (χ3v) is 7.89. The second-order valence-corrected chi connectivity index (χ2v) is 12.3. The molecule has 2 rings (SSSR count). The number of hydrogen-bond acceptors (Lipinski definition) is 8. The standard InChI is InChI=1S/C43H36BN2O9P/c1-3-4-5-6-7-8-9-10-11-12-13-14-15-16-17-18-19-22-28-33-45-42(47)46-34-29-23-20-21-27-32-38-40(55-56(49,50)51-2)39(54-41(38)44)36-53-43(48)52-35-37-30-25-24-26-31-37/h21,24-27,30-31,38-41H,20,23,29,32,34-36,44H2,1-2H3,(H,49,50)(H2,45,46,47)/b27-21+/t38-,39+,40?,41+/m0/s1. The van der Waals surface area contributed by atoms with E-state index < -0.39 is 32.2 Å². The van der Waals surface area contributed by atoms with Crippen molar-refractivity contribution in [2.45, 2.75) is 57.4 Å². The molecule has 0 bridgehead atoms. The van der Waals surface area contributed by atoms with Crippen molar-refractivity contribution in [1.82, 2.24) is 10.6 Å². The summed E-state index contributed by atoms with van der Waals surface area (Å²) in [5, 5.41) is 5.08. The van der Waals surface area contributed by atoms with Crippen molar-refractivity contribution in [2.75, 3.05) is 20.3 Å². The molecule has 5 atom stereocenters. The van der Waals surface area contributed by atoms with Crippen molar-refractivity contribution in [3.63, 3.8) is 0 Å². The van der Waals surface area contributed by atoms with Gasteiger partial charge in [-0.05, 0) is 85.5 Å². The molecule has 0 aliphatic carbocycles. The van der Waals surface area contributed by atoms with Crippen LogP contribution in [-0.2, 0) is 34.4 Å². The molecule has 1 aromatic carbocycles. The van der Waals surface area contributed by atoms with E-state index in [0.29, 0.717) is 19.4 Å². The van der Waals surface area contributed by atoms with E-state index in [2.05, 4.69) is 134 Å². The van der Waals surface area contributed by atoms with E-state index in [-0.39, 0.29) is 25.1 Å². The van der Waals surface area contributed by atoms with Crippen LogP contribution in [0.2, 0.25) is 0 Å². The third kappa shape index (κ3) is 21.7. The van der Waals surface area contributed by atoms with Gasteiger partial charge in [-0.2, -0.15) is 0 Å². The van der Waals surface area contributed by atoms with Crippen molar-refractivity contribution >= 4 is 27.9 Å². The number of unbranched alkanes of at least 4 members (excludes halogenated alkanes) is 2. The summed E-state index contributed by atoms with van der Waals surface area (Å²) >= 11 is 0. The summed E-state index contributed by atoms with van der Waals surface area (Å²) in [6.07, 6.45) is 4.01. The van der Waals surface area contributed by atoms with Gasteiger partial charge in [0.1, 0.15) is 33.3 Å². The van der Waals surface area contributed by atoms with Crippen LogP contribution in [0.15, 0.2) is 42.5 Å². The second kappa shape index (κ2) is 28.7. The zero-order valence-electron chi connectivity index (χ0n) is 31.0. The number of carbonyl (C=O) groups excluding carboxylic acids is 2. The van der Waals surface area contributed by atoms with Crippen LogP contribution in [0.25, 0.3) is 0 Å². The first-order chi connectivity index (χ1) is 27.3. The van der Waals surface area contributed by atoms with Crippen LogP contribution in [-0.4, -0.2) is 63.4 Å². The van der Waals surface area contributed by atoms with Crippen molar-refractivity contribution in [2.24, 2.45) is 5.92 Å². The van der Waals surface area contributed by atoms with Crippen molar-refractivity contribution in [1.29, 1.82) is 0 Å². The molecular weight excluding hydrogens is 730 g/mol. The van der Waals surface area contributed by atoms with Gasteiger partial charge in [0.2, 0.25) is 0 Å². The lowest BCUT2D eigenvalue weighted by Gasteiger charge is -2.24. The minimum atomic E-state index is -4.37. The zero-order valence-corrected chi connectivity index (χ0v) is 31.9. The topological polar surface area (TPSA) is 142 Å². The maximum Gasteiger partial charge on any atom is 0.508 e. The summed E-state index contributed by atoms with van der Waals surface area (Å²) in [7, 11) is -1.49. The largest absolute Gasteiger partial charge is 0.508 e. The average molecular weight is 767 g/mol. The summed E-state index contributed by atoms with van der Waals surface area (Å²) < 4.78 is 38.7. The van der Waals surface area contributed by atoms with Gasteiger partial charge in [0.15, 0.2) is 0 Å². The molecule has 56 heavy (non-hydrogen) atoms. The molecule has 2 unspecified atom stereocenters. The van der Waals surface area contributed by atoms with E-state index in [1.807, 2.05) is 50.3 Å². The predicted molar refractivity (Wildman–Crippen MR) is 213 cm³/mol. The first-order valence-electron chi connectivity index (χ1n) is 16.9. The molecule has 0 saturated carbocycles. The van der Waals surface area contributed by atoms with Gasteiger partial charge in [0.25, 0.3) is 0 Å². The van der Waals surface area contributed by atoms with Crippen molar-refractivity contribution < 1.29 is 42.3 Å². The molecule has 280 valence electrons. The Morgan fingerprint density at radius 1 is 0.839 bits per heavy atom. The van der Waals surface area contributed by atoms with Gasteiger partial charge >= 0.3 is 20.0 Å². The molecule has 1 saturated heterocycles. The molecule has 0 radical (unpaired) electrons. The maximum atomic E-state index is 12.3. The van der Waals surface area contributed by atoms with Crippen molar-refractivity contribution in [3.05, 3.63) is 48.0 Å². The Labute approximate surface area is 330 Å². The summed E-state index contributed by atoms with van der Waals surface area (Å²) in [5.41, 5.74) is 0.796. The van der Waals surface area contributed by atoms with E-state index >= 15 is 0 Å². The quantitative estimate of drug-likeness (QED) is 0.0496. The lowest BCUT2D eigenvalue weighted by Crippen LogP contribution is -2.34. The Hall–Kier alpha value is -6.77. The van der Waals surface area contributed by atoms with Crippen LogP contribution in [0.1, 0.15) is 38.2 Å². The third-order valence-electron chi connectivity index (χ3n) is 6.92. The fraction of sp³-hybridized carbons (Fsp3) is 0.302. The Morgan fingerprint density at radius 3 is 1.98 bits per heavy atom. The number of allylic oxidation sites excluding steroid dienone is 2. The van der Waals surface area contributed by atoms with Crippen LogP contribution in [0.4, 0.5) is 9.59 Å². The molecule has 0 spiro atoms. The Morgan fingerprint density at radius 2 is 1.41 bits per heavy atom. The van der Waals surface area contributed by atoms with Crippen LogP contribution in [0.5, 0.6) is 0 Å². The first kappa shape index (κ1) is 45.4. The molecule has 11 nitrogen and oxygen atoms in total. The molecule has 3 N–H and O–H groups in total. The fourth-order valence-corrected chi connectivity index (χ4v) is 5.08. The Kier molecular flexibility index (Phi) is 23.3. The van der Waals surface area contributed by atoms with Crippen LogP contribution in [0, 0.1) is 124 Å².